The number of aliphatic hydroxyl groups is 1. The minimum atomic E-state index is -0.265. The zero-order chi connectivity index (χ0) is 17.3. The number of nitrogens with zero attached hydrogens (tertiary/aromatic N) is 3. The van der Waals surface area contributed by atoms with Crippen LogP contribution in [0.4, 0.5) is 10.2 Å². The van der Waals surface area contributed by atoms with E-state index in [-0.39, 0.29) is 12.4 Å². The van der Waals surface area contributed by atoms with Crippen molar-refractivity contribution in [3.05, 3.63) is 47.0 Å². The summed E-state index contributed by atoms with van der Waals surface area (Å²) in [6.07, 6.45) is 0.744. The number of fused-ring (bicyclic) bond motifs is 1. The Hall–Kier alpha value is -2.47. The number of benzene rings is 1. The van der Waals surface area contributed by atoms with Crippen LogP contribution in [0.1, 0.15) is 23.9 Å². The molecule has 5 nitrogen and oxygen atoms in total. The molecule has 0 bridgehead atoms. The van der Waals surface area contributed by atoms with E-state index in [0.29, 0.717) is 6.54 Å². The lowest BCUT2D eigenvalue weighted by molar-refractivity contribution is 0.311. The molecule has 6 heteroatoms. The van der Waals surface area contributed by atoms with E-state index in [1.165, 1.54) is 12.1 Å². The van der Waals surface area contributed by atoms with Crippen molar-refractivity contribution in [2.45, 2.75) is 27.2 Å². The lowest BCUT2D eigenvalue weighted by Gasteiger charge is -2.12. The number of hydrogen-bond acceptors (Lipinski definition) is 4. The van der Waals surface area contributed by atoms with Crippen LogP contribution in [0, 0.1) is 19.7 Å². The van der Waals surface area contributed by atoms with Gasteiger partial charge in [0, 0.05) is 23.4 Å². The molecule has 1 aromatic carbocycles. The van der Waals surface area contributed by atoms with Gasteiger partial charge in [-0.3, -0.25) is 0 Å². The van der Waals surface area contributed by atoms with Gasteiger partial charge in [-0.1, -0.05) is 19.1 Å². The third-order valence-electron chi connectivity index (χ3n) is 4.19. The second-order valence-electron chi connectivity index (χ2n) is 5.74. The zero-order valence-electron chi connectivity index (χ0n) is 14.1. The average molecular weight is 328 g/mol. The Morgan fingerprint density at radius 2 is 1.92 bits per heavy atom. The van der Waals surface area contributed by atoms with E-state index in [1.807, 2.05) is 20.8 Å². The first-order valence-corrected chi connectivity index (χ1v) is 8.06. The maximum atomic E-state index is 13.3. The fourth-order valence-electron chi connectivity index (χ4n) is 2.83. The molecule has 0 aliphatic heterocycles. The van der Waals surface area contributed by atoms with E-state index in [0.717, 1.165) is 46.0 Å². The van der Waals surface area contributed by atoms with Crippen molar-refractivity contribution in [1.82, 2.24) is 14.6 Å². The zero-order valence-corrected chi connectivity index (χ0v) is 14.1. The number of hydrogen-bond donors (Lipinski definition) is 2. The molecular formula is C18H21FN4O. The van der Waals surface area contributed by atoms with Gasteiger partial charge in [0.15, 0.2) is 5.65 Å². The largest absolute Gasteiger partial charge is 0.395 e. The maximum absolute atomic E-state index is 13.3. The highest BCUT2D eigenvalue weighted by Gasteiger charge is 2.19. The number of halogens is 1. The first-order chi connectivity index (χ1) is 11.6. The van der Waals surface area contributed by atoms with Crippen molar-refractivity contribution >= 4 is 11.5 Å². The van der Waals surface area contributed by atoms with Gasteiger partial charge in [0.05, 0.1) is 12.3 Å². The summed E-state index contributed by atoms with van der Waals surface area (Å²) in [4.78, 5) is 4.72. The van der Waals surface area contributed by atoms with Crippen molar-refractivity contribution in [3.63, 3.8) is 0 Å². The smallest absolute Gasteiger partial charge is 0.165 e. The van der Waals surface area contributed by atoms with Crippen LogP contribution in [0.25, 0.3) is 16.8 Å². The molecule has 24 heavy (non-hydrogen) atoms. The van der Waals surface area contributed by atoms with Gasteiger partial charge in [-0.05, 0) is 38.0 Å². The quantitative estimate of drug-likeness (QED) is 0.755. The van der Waals surface area contributed by atoms with Gasteiger partial charge in [-0.25, -0.2) is 9.37 Å². The highest BCUT2D eigenvalue weighted by atomic mass is 19.1. The lowest BCUT2D eigenvalue weighted by Crippen LogP contribution is -2.13. The van der Waals surface area contributed by atoms with Crippen LogP contribution in [0.2, 0.25) is 0 Å². The Labute approximate surface area is 140 Å². The van der Waals surface area contributed by atoms with E-state index in [2.05, 4.69) is 5.32 Å². The van der Waals surface area contributed by atoms with Gasteiger partial charge in [0.1, 0.15) is 11.6 Å². The number of aromatic nitrogens is 3. The van der Waals surface area contributed by atoms with Crippen LogP contribution in [-0.4, -0.2) is 32.9 Å². The van der Waals surface area contributed by atoms with Crippen LogP contribution in [0.15, 0.2) is 24.3 Å². The number of aryl methyl sites for hydroxylation is 2. The summed E-state index contributed by atoms with van der Waals surface area (Å²) in [5.41, 5.74) is 5.36. The van der Waals surface area contributed by atoms with Crippen molar-refractivity contribution in [2.75, 3.05) is 18.5 Å². The molecule has 0 fully saturated rings. The standard InChI is InChI=1S/C18H21FN4O/c1-4-15-16(13-5-7-14(19)8-6-13)18-21-12(3)11(2)17(20-9-10-24)23(18)22-15/h5-8,20,24H,4,9-10H2,1-3H3. The summed E-state index contributed by atoms with van der Waals surface area (Å²) in [6.45, 7) is 6.44. The topological polar surface area (TPSA) is 62.5 Å². The molecule has 0 atom stereocenters. The van der Waals surface area contributed by atoms with Gasteiger partial charge in [0.2, 0.25) is 0 Å². The molecule has 2 heterocycles. The monoisotopic (exact) mass is 328 g/mol. The maximum Gasteiger partial charge on any atom is 0.165 e. The Kier molecular flexibility index (Phi) is 4.49. The van der Waals surface area contributed by atoms with Crippen LogP contribution in [-0.2, 0) is 6.42 Å². The highest BCUT2D eigenvalue weighted by molar-refractivity contribution is 5.81. The van der Waals surface area contributed by atoms with Crippen molar-refractivity contribution in [1.29, 1.82) is 0 Å². The van der Waals surface area contributed by atoms with Crippen molar-refractivity contribution in [2.24, 2.45) is 0 Å². The summed E-state index contributed by atoms with van der Waals surface area (Å²) < 4.78 is 15.1. The number of aliphatic hydroxyl groups excluding tert-OH is 1. The molecule has 0 saturated carbocycles. The fourth-order valence-corrected chi connectivity index (χ4v) is 2.83. The number of nitrogens with one attached hydrogen (secondary N) is 1. The molecule has 3 aromatic rings. The molecule has 2 aromatic heterocycles. The second kappa shape index (κ2) is 6.57. The Bertz CT molecular complexity index is 871. The van der Waals surface area contributed by atoms with Gasteiger partial charge < -0.3 is 10.4 Å². The predicted octanol–water partition coefficient (Wildman–Crippen LogP) is 3.12. The van der Waals surface area contributed by atoms with E-state index in [9.17, 15) is 4.39 Å². The summed E-state index contributed by atoms with van der Waals surface area (Å²) in [7, 11) is 0. The number of rotatable bonds is 5. The van der Waals surface area contributed by atoms with Gasteiger partial charge >= 0.3 is 0 Å². The summed E-state index contributed by atoms with van der Waals surface area (Å²) in [5, 5.41) is 17.0. The Morgan fingerprint density at radius 3 is 2.54 bits per heavy atom. The molecule has 0 amide bonds. The van der Waals surface area contributed by atoms with E-state index < -0.39 is 0 Å². The highest BCUT2D eigenvalue weighted by Crippen LogP contribution is 2.31. The second-order valence-corrected chi connectivity index (χ2v) is 5.74. The molecule has 0 unspecified atom stereocenters. The molecule has 2 N–H and O–H groups in total. The summed E-state index contributed by atoms with van der Waals surface area (Å²) in [6, 6.07) is 6.40. The molecular weight excluding hydrogens is 307 g/mol. The Morgan fingerprint density at radius 1 is 1.21 bits per heavy atom. The van der Waals surface area contributed by atoms with Crippen molar-refractivity contribution in [3.8, 4) is 11.1 Å². The van der Waals surface area contributed by atoms with Crippen LogP contribution < -0.4 is 5.32 Å². The fraction of sp³-hybridized carbons (Fsp3) is 0.333. The predicted molar refractivity (Wildman–Crippen MR) is 92.8 cm³/mol. The first-order valence-electron chi connectivity index (χ1n) is 8.06. The van der Waals surface area contributed by atoms with Gasteiger partial charge in [-0.2, -0.15) is 9.61 Å². The molecule has 0 radical (unpaired) electrons. The van der Waals surface area contributed by atoms with Crippen LogP contribution in [0.5, 0.6) is 0 Å². The summed E-state index contributed by atoms with van der Waals surface area (Å²) >= 11 is 0. The summed E-state index contributed by atoms with van der Waals surface area (Å²) in [5.74, 6) is 0.563. The molecule has 3 rings (SSSR count). The average Bonchev–Trinajstić information content (AvgIpc) is 2.94. The van der Waals surface area contributed by atoms with Crippen molar-refractivity contribution < 1.29 is 9.50 Å². The molecule has 126 valence electrons. The molecule has 0 aliphatic carbocycles. The third kappa shape index (κ3) is 2.73. The lowest BCUT2D eigenvalue weighted by atomic mass is 10.0. The Balaban J connectivity index is 2.29. The SMILES string of the molecule is CCc1nn2c(NCCO)c(C)c(C)nc2c1-c1ccc(F)cc1. The minimum Gasteiger partial charge on any atom is -0.395 e. The van der Waals surface area contributed by atoms with E-state index >= 15 is 0 Å². The van der Waals surface area contributed by atoms with Crippen LogP contribution >= 0.6 is 0 Å². The van der Waals surface area contributed by atoms with Gasteiger partial charge in [-0.15, -0.1) is 0 Å². The van der Waals surface area contributed by atoms with E-state index in [1.54, 1.807) is 16.6 Å². The molecule has 0 spiro atoms. The molecule has 0 saturated heterocycles. The number of anilines is 1. The molecule has 0 aliphatic rings. The minimum absolute atomic E-state index is 0.0367. The van der Waals surface area contributed by atoms with Crippen LogP contribution in [0.3, 0.4) is 0 Å². The van der Waals surface area contributed by atoms with E-state index in [4.69, 9.17) is 15.2 Å². The normalized spacial score (nSPS) is 11.2. The third-order valence-corrected chi connectivity index (χ3v) is 4.19. The first kappa shape index (κ1) is 16.4. The van der Waals surface area contributed by atoms with Gasteiger partial charge in [0.25, 0.3) is 0 Å².